The normalized spacial score (nSPS) is 17.3. The molecular formula is C22H15NO4. The zero-order valence-corrected chi connectivity index (χ0v) is 14.3. The maximum Gasteiger partial charge on any atom is 0.312 e. The highest BCUT2D eigenvalue weighted by Crippen LogP contribution is 2.44. The van der Waals surface area contributed by atoms with E-state index in [1.165, 1.54) is 0 Å². The van der Waals surface area contributed by atoms with Gasteiger partial charge in [-0.2, -0.15) is 0 Å². The van der Waals surface area contributed by atoms with Gasteiger partial charge in [-0.05, 0) is 24.3 Å². The van der Waals surface area contributed by atoms with Gasteiger partial charge in [-0.15, -0.1) is 0 Å². The minimum atomic E-state index is -0.329. The lowest BCUT2D eigenvalue weighted by molar-refractivity contribution is -0.137. The number of fused-ring (bicyclic) bond motifs is 1. The van der Waals surface area contributed by atoms with Crippen LogP contribution in [0.4, 0.5) is 0 Å². The fourth-order valence-corrected chi connectivity index (χ4v) is 3.41. The first kappa shape index (κ1) is 15.6. The average molecular weight is 357 g/mol. The first-order valence-corrected chi connectivity index (χ1v) is 8.69. The number of esters is 1. The molecule has 0 fully saturated rings. The third-order valence-electron chi connectivity index (χ3n) is 4.63. The van der Waals surface area contributed by atoms with Crippen LogP contribution < -0.4 is 0 Å². The van der Waals surface area contributed by atoms with Crippen LogP contribution in [0.25, 0.3) is 22.4 Å². The summed E-state index contributed by atoms with van der Waals surface area (Å²) in [5, 5.41) is 0. The number of cyclic esters (lactones) is 1. The second-order valence-corrected chi connectivity index (χ2v) is 6.34. The number of carbonyl (C=O) groups is 1. The average Bonchev–Trinajstić information content (AvgIpc) is 3.37. The Kier molecular flexibility index (Phi) is 3.64. The predicted molar refractivity (Wildman–Crippen MR) is 99.4 cm³/mol. The lowest BCUT2D eigenvalue weighted by Gasteiger charge is -2.24. The van der Waals surface area contributed by atoms with E-state index >= 15 is 0 Å². The number of furan rings is 1. The van der Waals surface area contributed by atoms with Crippen molar-refractivity contribution in [2.24, 2.45) is 0 Å². The number of rotatable bonds is 3. The molecule has 0 saturated carbocycles. The summed E-state index contributed by atoms with van der Waals surface area (Å²) in [5.41, 5.74) is 2.94. The third kappa shape index (κ3) is 2.73. The number of carbonyl (C=O) groups excluding carboxylic acids is 1. The highest BCUT2D eigenvalue weighted by molar-refractivity contribution is 5.98. The Balaban J connectivity index is 1.78. The molecule has 0 saturated heterocycles. The summed E-state index contributed by atoms with van der Waals surface area (Å²) in [6.45, 7) is 0. The Labute approximate surface area is 154 Å². The molecule has 4 aromatic rings. The molecule has 3 heterocycles. The predicted octanol–water partition coefficient (Wildman–Crippen LogP) is 5.02. The van der Waals surface area contributed by atoms with Gasteiger partial charge in [-0.25, -0.2) is 4.98 Å². The fraction of sp³-hybridized carbons (Fsp3) is 0.0909. The molecule has 0 unspecified atom stereocenters. The molecule has 2 aromatic heterocycles. The van der Waals surface area contributed by atoms with E-state index in [2.05, 4.69) is 4.98 Å². The van der Waals surface area contributed by atoms with E-state index in [-0.39, 0.29) is 18.3 Å². The van der Waals surface area contributed by atoms with Crippen molar-refractivity contribution in [1.82, 2.24) is 4.98 Å². The van der Waals surface area contributed by atoms with E-state index in [0.29, 0.717) is 28.6 Å². The highest BCUT2D eigenvalue weighted by atomic mass is 16.5. The summed E-state index contributed by atoms with van der Waals surface area (Å²) in [7, 11) is 0. The van der Waals surface area contributed by atoms with Gasteiger partial charge in [0.15, 0.2) is 5.58 Å². The van der Waals surface area contributed by atoms with Gasteiger partial charge in [0.25, 0.3) is 0 Å². The second kappa shape index (κ2) is 6.29. The zero-order chi connectivity index (χ0) is 18.2. The number of nitrogens with zero attached hydrogens (tertiary/aromatic N) is 1. The smallest absolute Gasteiger partial charge is 0.312 e. The van der Waals surface area contributed by atoms with Crippen molar-refractivity contribution < 1.29 is 18.4 Å². The fourth-order valence-electron chi connectivity index (χ4n) is 3.41. The molecule has 0 radical (unpaired) electrons. The SMILES string of the molecule is O=C1C[C@H](c2ccco2)C(c2nc3ccccc3o2)=C(c2ccccc2)O1. The van der Waals surface area contributed by atoms with Gasteiger partial charge >= 0.3 is 5.97 Å². The van der Waals surface area contributed by atoms with E-state index in [1.54, 1.807) is 12.3 Å². The van der Waals surface area contributed by atoms with Crippen molar-refractivity contribution in [3.05, 3.63) is 90.2 Å². The molecule has 0 bridgehead atoms. The Morgan fingerprint density at radius 2 is 1.74 bits per heavy atom. The van der Waals surface area contributed by atoms with Crippen LogP contribution in [0.2, 0.25) is 0 Å². The number of oxazole rings is 1. The van der Waals surface area contributed by atoms with Crippen LogP contribution in [-0.4, -0.2) is 11.0 Å². The van der Waals surface area contributed by atoms with Gasteiger partial charge in [-0.3, -0.25) is 4.79 Å². The number of hydrogen-bond acceptors (Lipinski definition) is 5. The van der Waals surface area contributed by atoms with Crippen molar-refractivity contribution in [2.45, 2.75) is 12.3 Å². The molecule has 5 heteroatoms. The van der Waals surface area contributed by atoms with Crippen LogP contribution in [0, 0.1) is 0 Å². The maximum atomic E-state index is 12.4. The van der Waals surface area contributed by atoms with Crippen LogP contribution >= 0.6 is 0 Å². The molecule has 5 nitrogen and oxygen atoms in total. The van der Waals surface area contributed by atoms with Gasteiger partial charge in [0.2, 0.25) is 5.89 Å². The number of allylic oxidation sites excluding steroid dienone is 1. The number of benzene rings is 2. The summed E-state index contributed by atoms with van der Waals surface area (Å²) in [6, 6.07) is 20.7. The van der Waals surface area contributed by atoms with Crippen LogP contribution in [0.5, 0.6) is 0 Å². The quantitative estimate of drug-likeness (QED) is 0.482. The van der Waals surface area contributed by atoms with Crippen LogP contribution in [0.1, 0.15) is 29.6 Å². The molecular weight excluding hydrogens is 342 g/mol. The summed E-state index contributed by atoms with van der Waals surface area (Å²) in [5.74, 6) is 0.931. The maximum absolute atomic E-state index is 12.4. The van der Waals surface area contributed by atoms with Crippen LogP contribution in [-0.2, 0) is 9.53 Å². The standard InChI is InChI=1S/C22H15NO4/c24-19-13-15(17-11-6-12-25-17)20(21(27-19)14-7-2-1-3-8-14)22-23-16-9-4-5-10-18(16)26-22/h1-12,15H,13H2/t15-/m1/s1. The Hall–Kier alpha value is -3.60. The molecule has 1 aliphatic rings. The van der Waals surface area contributed by atoms with Crippen LogP contribution in [0.15, 0.2) is 81.8 Å². The lowest BCUT2D eigenvalue weighted by Crippen LogP contribution is -2.19. The molecule has 27 heavy (non-hydrogen) atoms. The zero-order valence-electron chi connectivity index (χ0n) is 14.3. The largest absolute Gasteiger partial charge is 0.469 e. The summed E-state index contributed by atoms with van der Waals surface area (Å²) in [6.07, 6.45) is 1.76. The summed E-state index contributed by atoms with van der Waals surface area (Å²) in [4.78, 5) is 17.0. The topological polar surface area (TPSA) is 65.5 Å². The van der Waals surface area contributed by atoms with Gasteiger partial charge in [-0.1, -0.05) is 42.5 Å². The number of ether oxygens (including phenoxy) is 1. The molecule has 0 amide bonds. The number of aromatic nitrogens is 1. The molecule has 5 rings (SSSR count). The third-order valence-corrected chi connectivity index (χ3v) is 4.63. The molecule has 0 aliphatic carbocycles. The van der Waals surface area contributed by atoms with Gasteiger partial charge in [0, 0.05) is 5.56 Å². The van der Waals surface area contributed by atoms with Crippen molar-refractivity contribution in [1.29, 1.82) is 0 Å². The molecule has 2 aromatic carbocycles. The molecule has 132 valence electrons. The van der Waals surface area contributed by atoms with Gasteiger partial charge < -0.3 is 13.6 Å². The number of para-hydroxylation sites is 2. The van der Waals surface area contributed by atoms with E-state index < -0.39 is 0 Å². The van der Waals surface area contributed by atoms with E-state index in [0.717, 1.165) is 11.1 Å². The van der Waals surface area contributed by atoms with E-state index in [1.807, 2.05) is 60.7 Å². The Morgan fingerprint density at radius 3 is 2.52 bits per heavy atom. The monoisotopic (exact) mass is 357 g/mol. The van der Waals surface area contributed by atoms with Crippen LogP contribution in [0.3, 0.4) is 0 Å². The summed E-state index contributed by atoms with van der Waals surface area (Å²) < 4.78 is 17.3. The van der Waals surface area contributed by atoms with E-state index in [4.69, 9.17) is 13.6 Å². The molecule has 1 aliphatic heterocycles. The highest BCUT2D eigenvalue weighted by Gasteiger charge is 2.36. The molecule has 1 atom stereocenters. The Morgan fingerprint density at radius 1 is 0.926 bits per heavy atom. The van der Waals surface area contributed by atoms with Gasteiger partial charge in [0.1, 0.15) is 17.0 Å². The molecule has 0 spiro atoms. The van der Waals surface area contributed by atoms with Crippen molar-refractivity contribution in [3.8, 4) is 0 Å². The lowest BCUT2D eigenvalue weighted by atomic mass is 9.88. The molecule has 0 N–H and O–H groups in total. The minimum Gasteiger partial charge on any atom is -0.469 e. The van der Waals surface area contributed by atoms with E-state index in [9.17, 15) is 4.79 Å². The Bertz CT molecular complexity index is 1110. The number of hydrogen-bond donors (Lipinski definition) is 0. The first-order valence-electron chi connectivity index (χ1n) is 8.69. The van der Waals surface area contributed by atoms with Gasteiger partial charge in [0.05, 0.1) is 24.2 Å². The van der Waals surface area contributed by atoms with Crippen molar-refractivity contribution in [3.63, 3.8) is 0 Å². The minimum absolute atomic E-state index is 0.165. The summed E-state index contributed by atoms with van der Waals surface area (Å²) >= 11 is 0. The van der Waals surface area contributed by atoms with Crippen molar-refractivity contribution >= 4 is 28.4 Å². The first-order chi connectivity index (χ1) is 13.3. The van der Waals surface area contributed by atoms with Crippen molar-refractivity contribution in [2.75, 3.05) is 0 Å². The second-order valence-electron chi connectivity index (χ2n) is 6.34.